The summed E-state index contributed by atoms with van der Waals surface area (Å²) in [5.74, 6) is 6.87. The van der Waals surface area contributed by atoms with E-state index < -0.39 is 5.97 Å². The molecule has 2 aliphatic carbocycles. The molecule has 5 nitrogen and oxygen atoms in total. The lowest BCUT2D eigenvalue weighted by atomic mass is 9.90. The van der Waals surface area contributed by atoms with Gasteiger partial charge in [-0.15, -0.1) is 11.3 Å². The van der Waals surface area contributed by atoms with Gasteiger partial charge in [-0.2, -0.15) is 0 Å². The SMILES string of the molecule is CC1CCCCC1.COC(=O)c1sc(C#CC(C)(C)C)cc1N(C=O)C1CCC(N)CC1. The van der Waals surface area contributed by atoms with Crippen LogP contribution in [0.5, 0.6) is 0 Å². The van der Waals surface area contributed by atoms with Crippen molar-refractivity contribution in [1.29, 1.82) is 0 Å². The van der Waals surface area contributed by atoms with Crippen LogP contribution in [-0.4, -0.2) is 31.6 Å². The summed E-state index contributed by atoms with van der Waals surface area (Å²) in [5.41, 5.74) is 6.41. The van der Waals surface area contributed by atoms with Gasteiger partial charge in [0.1, 0.15) is 4.88 Å². The number of methoxy groups -OCH3 is 1. The number of rotatable bonds is 4. The van der Waals surface area contributed by atoms with Gasteiger partial charge < -0.3 is 15.4 Å². The third-order valence-corrected chi connectivity index (χ3v) is 7.08. The van der Waals surface area contributed by atoms with E-state index in [1.165, 1.54) is 50.6 Å². The lowest BCUT2D eigenvalue weighted by molar-refractivity contribution is -0.108. The second-order valence-corrected chi connectivity index (χ2v) is 11.2. The highest BCUT2D eigenvalue weighted by molar-refractivity contribution is 7.15. The Hall–Kier alpha value is -1.84. The molecular formula is C26H40N2O3S. The van der Waals surface area contributed by atoms with Crippen molar-refractivity contribution in [2.45, 2.75) is 97.6 Å². The first-order valence-corrected chi connectivity index (χ1v) is 12.7. The summed E-state index contributed by atoms with van der Waals surface area (Å²) in [4.78, 5) is 26.8. The van der Waals surface area contributed by atoms with Crippen LogP contribution in [0.1, 0.15) is 100 Å². The number of hydrogen-bond acceptors (Lipinski definition) is 5. The number of nitrogens with two attached hydrogens (primary N) is 1. The fraction of sp³-hybridized carbons (Fsp3) is 0.692. The van der Waals surface area contributed by atoms with Gasteiger partial charge in [0.15, 0.2) is 0 Å². The Morgan fingerprint density at radius 2 is 1.78 bits per heavy atom. The Kier molecular flexibility index (Phi) is 10.2. The largest absolute Gasteiger partial charge is 0.465 e. The molecule has 2 aliphatic rings. The van der Waals surface area contributed by atoms with Gasteiger partial charge in [-0.25, -0.2) is 4.79 Å². The van der Waals surface area contributed by atoms with E-state index in [1.807, 2.05) is 26.8 Å². The van der Waals surface area contributed by atoms with Crippen LogP contribution >= 0.6 is 11.3 Å². The van der Waals surface area contributed by atoms with Crippen LogP contribution in [0.15, 0.2) is 6.07 Å². The molecule has 0 aliphatic heterocycles. The molecule has 3 rings (SSSR count). The van der Waals surface area contributed by atoms with Gasteiger partial charge in [-0.1, -0.05) is 50.9 Å². The van der Waals surface area contributed by atoms with Gasteiger partial charge in [0.05, 0.1) is 17.7 Å². The number of anilines is 1. The minimum Gasteiger partial charge on any atom is -0.465 e. The van der Waals surface area contributed by atoms with Crippen LogP contribution in [0.3, 0.4) is 0 Å². The van der Waals surface area contributed by atoms with Gasteiger partial charge in [0.2, 0.25) is 6.41 Å². The van der Waals surface area contributed by atoms with Crippen molar-refractivity contribution in [3.63, 3.8) is 0 Å². The molecule has 1 amide bonds. The van der Waals surface area contributed by atoms with Crippen molar-refractivity contribution in [1.82, 2.24) is 0 Å². The lowest BCUT2D eigenvalue weighted by Gasteiger charge is -2.33. The van der Waals surface area contributed by atoms with Gasteiger partial charge in [-0.3, -0.25) is 4.79 Å². The first-order chi connectivity index (χ1) is 15.1. The minimum atomic E-state index is -0.442. The fourth-order valence-corrected chi connectivity index (χ4v) is 5.08. The van der Waals surface area contributed by atoms with Crippen molar-refractivity contribution >= 4 is 29.4 Å². The summed E-state index contributed by atoms with van der Waals surface area (Å²) in [5, 5.41) is 0. The van der Waals surface area contributed by atoms with Crippen molar-refractivity contribution in [2.75, 3.05) is 12.0 Å². The smallest absolute Gasteiger partial charge is 0.350 e. The van der Waals surface area contributed by atoms with E-state index >= 15 is 0 Å². The predicted molar refractivity (Wildman–Crippen MR) is 133 cm³/mol. The highest BCUT2D eigenvalue weighted by atomic mass is 32.1. The quantitative estimate of drug-likeness (QED) is 0.353. The number of amides is 1. The van der Waals surface area contributed by atoms with E-state index in [9.17, 15) is 9.59 Å². The average molecular weight is 461 g/mol. The van der Waals surface area contributed by atoms with Crippen LogP contribution in [0.4, 0.5) is 5.69 Å². The molecule has 0 unspecified atom stereocenters. The topological polar surface area (TPSA) is 72.6 Å². The molecule has 2 fully saturated rings. The average Bonchev–Trinajstić information content (AvgIpc) is 3.18. The summed E-state index contributed by atoms with van der Waals surface area (Å²) in [6.45, 7) is 8.44. The maximum absolute atomic E-state index is 12.2. The number of hydrogen-bond donors (Lipinski definition) is 1. The second kappa shape index (κ2) is 12.4. The Morgan fingerprint density at radius 3 is 2.25 bits per heavy atom. The van der Waals surface area contributed by atoms with E-state index in [1.54, 1.807) is 4.90 Å². The Labute approximate surface area is 198 Å². The van der Waals surface area contributed by atoms with Crippen LogP contribution in [0, 0.1) is 23.2 Å². The third-order valence-electron chi connectivity index (χ3n) is 6.06. The monoisotopic (exact) mass is 460 g/mol. The van der Waals surface area contributed by atoms with Crippen LogP contribution in [-0.2, 0) is 9.53 Å². The summed E-state index contributed by atoms with van der Waals surface area (Å²) < 4.78 is 4.90. The minimum absolute atomic E-state index is 0.0544. The standard InChI is InChI=1S/C19H26N2O3S.C7H14/c1-19(2,3)10-9-15-11-16(17(25-15)18(23)24-4)21(12-22)14-7-5-13(20)6-8-14;1-7-5-3-2-4-6-7/h11-14H,5-8,20H2,1-4H3;7H,2-6H2,1H3. The maximum atomic E-state index is 12.2. The summed E-state index contributed by atoms with van der Waals surface area (Å²) >= 11 is 1.27. The Bertz CT molecular complexity index is 801. The maximum Gasteiger partial charge on any atom is 0.350 e. The summed E-state index contributed by atoms with van der Waals surface area (Å²) in [7, 11) is 1.34. The third kappa shape index (κ3) is 8.26. The van der Waals surface area contributed by atoms with Gasteiger partial charge in [0.25, 0.3) is 0 Å². The fourth-order valence-electron chi connectivity index (χ4n) is 4.15. The molecule has 2 saturated carbocycles. The molecule has 0 atom stereocenters. The van der Waals surface area contributed by atoms with Gasteiger partial charge in [0, 0.05) is 17.5 Å². The highest BCUT2D eigenvalue weighted by Crippen LogP contribution is 2.34. The first-order valence-electron chi connectivity index (χ1n) is 11.9. The Morgan fingerprint density at radius 1 is 1.16 bits per heavy atom. The molecule has 32 heavy (non-hydrogen) atoms. The molecule has 0 saturated heterocycles. The molecule has 0 spiro atoms. The van der Waals surface area contributed by atoms with Crippen LogP contribution < -0.4 is 10.6 Å². The van der Waals surface area contributed by atoms with Crippen molar-refractivity contribution in [3.05, 3.63) is 15.8 Å². The van der Waals surface area contributed by atoms with E-state index in [-0.39, 0.29) is 17.5 Å². The molecule has 0 bridgehead atoms. The highest BCUT2D eigenvalue weighted by Gasteiger charge is 2.29. The van der Waals surface area contributed by atoms with E-state index in [4.69, 9.17) is 10.5 Å². The zero-order chi connectivity index (χ0) is 23.7. The number of esters is 1. The number of ether oxygens (including phenoxy) is 1. The molecule has 1 aromatic heterocycles. The van der Waals surface area contributed by atoms with E-state index in [2.05, 4.69) is 18.8 Å². The van der Waals surface area contributed by atoms with Gasteiger partial charge in [-0.05, 0) is 58.4 Å². The van der Waals surface area contributed by atoms with Crippen LogP contribution in [0.2, 0.25) is 0 Å². The van der Waals surface area contributed by atoms with Crippen molar-refractivity contribution in [2.24, 2.45) is 17.1 Å². The number of carbonyl (C=O) groups is 2. The summed E-state index contributed by atoms with van der Waals surface area (Å²) in [6, 6.07) is 2.07. The van der Waals surface area contributed by atoms with Crippen LogP contribution in [0.25, 0.3) is 0 Å². The number of thiophene rings is 1. The molecule has 178 valence electrons. The predicted octanol–water partition coefficient (Wildman–Crippen LogP) is 5.75. The molecule has 6 heteroatoms. The van der Waals surface area contributed by atoms with Crippen molar-refractivity contribution < 1.29 is 14.3 Å². The normalized spacial score (nSPS) is 21.4. The van der Waals surface area contributed by atoms with E-state index in [0.29, 0.717) is 10.6 Å². The first kappa shape index (κ1) is 26.4. The molecule has 2 N–H and O–H groups in total. The summed E-state index contributed by atoms with van der Waals surface area (Å²) in [6.07, 6.45) is 11.7. The Balaban J connectivity index is 0.000000439. The molecule has 1 heterocycles. The lowest BCUT2D eigenvalue weighted by Crippen LogP contribution is -2.40. The number of nitrogens with zero attached hydrogens (tertiary/aromatic N) is 1. The number of carbonyl (C=O) groups excluding carboxylic acids is 2. The van der Waals surface area contributed by atoms with Gasteiger partial charge >= 0.3 is 5.97 Å². The molecule has 1 aromatic rings. The zero-order valence-corrected chi connectivity index (χ0v) is 21.2. The molecule has 0 aromatic carbocycles. The molecule has 0 radical (unpaired) electrons. The van der Waals surface area contributed by atoms with Crippen molar-refractivity contribution in [3.8, 4) is 11.8 Å². The molecular weight excluding hydrogens is 420 g/mol. The second-order valence-electron chi connectivity index (χ2n) is 10.1. The van der Waals surface area contributed by atoms with E-state index in [0.717, 1.165) is 42.9 Å². The zero-order valence-electron chi connectivity index (χ0n) is 20.4.